The second kappa shape index (κ2) is 9.68. The van der Waals surface area contributed by atoms with E-state index in [9.17, 15) is 5.26 Å². The molecular formula is C22H29BrN2O2Si. The number of nitriles is 1. The normalized spacial score (nSPS) is 11.9. The number of hydrogen-bond donors (Lipinski definition) is 0. The van der Waals surface area contributed by atoms with Crippen molar-refractivity contribution in [3.05, 3.63) is 57.7 Å². The third-order valence-corrected chi connectivity index (χ3v) is 10.2. The first kappa shape index (κ1) is 22.6. The molecule has 0 aliphatic carbocycles. The number of ether oxygens (including phenoxy) is 1. The lowest BCUT2D eigenvalue weighted by molar-refractivity contribution is 0.279. The molecule has 0 radical (unpaired) electrons. The number of nitrogens with zero attached hydrogens (tertiary/aromatic N) is 2. The molecule has 0 fully saturated rings. The maximum atomic E-state index is 9.24. The lowest BCUT2D eigenvalue weighted by Crippen LogP contribution is -2.41. The third kappa shape index (κ3) is 6.44. The number of pyridine rings is 1. The molecule has 1 aromatic heterocycles. The highest BCUT2D eigenvalue weighted by Crippen LogP contribution is 2.36. The quantitative estimate of drug-likeness (QED) is 0.265. The van der Waals surface area contributed by atoms with Crippen LogP contribution in [0.2, 0.25) is 18.1 Å². The molecule has 0 unspecified atom stereocenters. The van der Waals surface area contributed by atoms with Gasteiger partial charge in [0, 0.05) is 12.7 Å². The van der Waals surface area contributed by atoms with E-state index in [1.165, 1.54) is 0 Å². The maximum absolute atomic E-state index is 9.24. The Morgan fingerprint density at radius 3 is 2.54 bits per heavy atom. The largest absolute Gasteiger partial charge is 0.473 e. The van der Waals surface area contributed by atoms with Gasteiger partial charge in [-0.25, -0.2) is 4.98 Å². The van der Waals surface area contributed by atoms with Crippen molar-refractivity contribution in [3.8, 4) is 11.9 Å². The van der Waals surface area contributed by atoms with Crippen molar-refractivity contribution in [2.24, 2.45) is 0 Å². The summed E-state index contributed by atoms with van der Waals surface area (Å²) in [5.41, 5.74) is 2.88. The Morgan fingerprint density at radius 1 is 1.14 bits per heavy atom. The number of halogens is 1. The Bertz CT molecular complexity index is 841. The van der Waals surface area contributed by atoms with Crippen LogP contribution in [0.1, 0.15) is 43.9 Å². The van der Waals surface area contributed by atoms with Crippen LogP contribution < -0.4 is 4.74 Å². The lowest BCUT2D eigenvalue weighted by atomic mass is 10.0. The third-order valence-electron chi connectivity index (χ3n) is 5.26. The summed E-state index contributed by atoms with van der Waals surface area (Å²) in [5.74, 6) is 0.575. The summed E-state index contributed by atoms with van der Waals surface area (Å²) in [4.78, 5) is 4.30. The van der Waals surface area contributed by atoms with Gasteiger partial charge in [-0.1, -0.05) is 32.9 Å². The summed E-state index contributed by atoms with van der Waals surface area (Å²) in [5, 5.41) is 9.46. The Kier molecular flexibility index (Phi) is 7.82. The molecular weight excluding hydrogens is 432 g/mol. The molecule has 2 aromatic rings. The van der Waals surface area contributed by atoms with E-state index < -0.39 is 8.32 Å². The summed E-state index contributed by atoms with van der Waals surface area (Å²) in [6.45, 7) is 12.5. The zero-order chi connectivity index (χ0) is 20.8. The lowest BCUT2D eigenvalue weighted by Gasteiger charge is -2.36. The zero-order valence-electron chi connectivity index (χ0n) is 17.4. The van der Waals surface area contributed by atoms with E-state index in [0.717, 1.165) is 35.2 Å². The van der Waals surface area contributed by atoms with Gasteiger partial charge in [-0.15, -0.1) is 0 Å². The molecule has 0 amide bonds. The molecule has 150 valence electrons. The minimum Gasteiger partial charge on any atom is -0.473 e. The van der Waals surface area contributed by atoms with E-state index in [1.54, 1.807) is 0 Å². The number of benzene rings is 1. The summed E-state index contributed by atoms with van der Waals surface area (Å²) in [7, 11) is -1.73. The molecule has 0 N–H and O–H groups in total. The van der Waals surface area contributed by atoms with Crippen LogP contribution in [0.15, 0.2) is 41.0 Å². The Morgan fingerprint density at radius 2 is 1.89 bits per heavy atom. The van der Waals surface area contributed by atoms with Crippen molar-refractivity contribution in [2.75, 3.05) is 6.61 Å². The van der Waals surface area contributed by atoms with Gasteiger partial charge in [-0.3, -0.25) is 0 Å². The molecule has 4 nitrogen and oxygen atoms in total. The predicted octanol–water partition coefficient (Wildman–Crippen LogP) is 6.25. The second-order valence-corrected chi connectivity index (χ2v) is 14.0. The molecule has 0 aliphatic heterocycles. The van der Waals surface area contributed by atoms with Gasteiger partial charge < -0.3 is 9.16 Å². The van der Waals surface area contributed by atoms with Crippen molar-refractivity contribution in [2.45, 2.75) is 58.4 Å². The highest BCUT2D eigenvalue weighted by Gasteiger charge is 2.36. The van der Waals surface area contributed by atoms with Crippen LogP contribution in [0.3, 0.4) is 0 Å². The Labute approximate surface area is 178 Å². The molecule has 6 heteroatoms. The van der Waals surface area contributed by atoms with Crippen molar-refractivity contribution in [3.63, 3.8) is 0 Å². The van der Waals surface area contributed by atoms with Crippen LogP contribution in [0.5, 0.6) is 5.88 Å². The SMILES string of the molecule is CC(C)(C)[Si](C)(C)OCCCc1cc(C#N)ccc1COc1cccc(Br)n1. The highest BCUT2D eigenvalue weighted by atomic mass is 79.9. The smallest absolute Gasteiger partial charge is 0.214 e. The van der Waals surface area contributed by atoms with E-state index in [2.05, 4.69) is 60.8 Å². The van der Waals surface area contributed by atoms with E-state index in [1.807, 2.05) is 36.4 Å². The molecule has 0 atom stereocenters. The molecule has 0 bridgehead atoms. The standard InChI is InChI=1S/C22H29BrN2O2Si/c1-22(2,3)28(4,5)27-13-7-8-18-14-17(15-24)11-12-19(18)16-26-21-10-6-9-20(23)25-21/h6,9-12,14H,7-8,13,16H2,1-5H3. The molecule has 0 aliphatic rings. The molecule has 28 heavy (non-hydrogen) atoms. The number of aromatic nitrogens is 1. The maximum Gasteiger partial charge on any atom is 0.214 e. The van der Waals surface area contributed by atoms with Crippen LogP contribution in [0.25, 0.3) is 0 Å². The van der Waals surface area contributed by atoms with Gasteiger partial charge in [0.2, 0.25) is 5.88 Å². The highest BCUT2D eigenvalue weighted by molar-refractivity contribution is 9.10. The molecule has 2 rings (SSSR count). The van der Waals surface area contributed by atoms with E-state index in [4.69, 9.17) is 9.16 Å². The average Bonchev–Trinajstić information content (AvgIpc) is 2.63. The van der Waals surface area contributed by atoms with E-state index in [-0.39, 0.29) is 5.04 Å². The first-order valence-electron chi connectivity index (χ1n) is 9.53. The number of aryl methyl sites for hydroxylation is 1. The molecule has 1 heterocycles. The van der Waals surface area contributed by atoms with Crippen LogP contribution in [0, 0.1) is 11.3 Å². The topological polar surface area (TPSA) is 55.1 Å². The van der Waals surface area contributed by atoms with Crippen molar-refractivity contribution >= 4 is 24.2 Å². The molecule has 0 spiro atoms. The monoisotopic (exact) mass is 460 g/mol. The second-order valence-electron chi connectivity index (χ2n) is 8.39. The fraction of sp³-hybridized carbons (Fsp3) is 0.455. The number of rotatable bonds is 8. The van der Waals surface area contributed by atoms with Gasteiger partial charge >= 0.3 is 0 Å². The van der Waals surface area contributed by atoms with E-state index >= 15 is 0 Å². The Balaban J connectivity index is 2.01. The number of hydrogen-bond acceptors (Lipinski definition) is 4. The van der Waals surface area contributed by atoms with Gasteiger partial charge in [-0.2, -0.15) is 5.26 Å². The van der Waals surface area contributed by atoms with Crippen molar-refractivity contribution in [1.29, 1.82) is 5.26 Å². The Hall–Kier alpha value is -1.68. The van der Waals surface area contributed by atoms with Crippen LogP contribution in [-0.2, 0) is 17.5 Å². The van der Waals surface area contributed by atoms with Gasteiger partial charge in [-0.05, 0) is 76.2 Å². The van der Waals surface area contributed by atoms with Crippen LogP contribution in [0.4, 0.5) is 0 Å². The van der Waals surface area contributed by atoms with Crippen molar-refractivity contribution in [1.82, 2.24) is 4.98 Å². The van der Waals surface area contributed by atoms with Crippen LogP contribution in [-0.4, -0.2) is 19.9 Å². The summed E-state index contributed by atoms with van der Waals surface area (Å²) < 4.78 is 12.9. The van der Waals surface area contributed by atoms with Crippen molar-refractivity contribution < 1.29 is 9.16 Å². The summed E-state index contributed by atoms with van der Waals surface area (Å²) in [6.07, 6.45) is 1.78. The first-order valence-corrected chi connectivity index (χ1v) is 13.2. The van der Waals surface area contributed by atoms with Crippen LogP contribution >= 0.6 is 15.9 Å². The predicted molar refractivity (Wildman–Crippen MR) is 119 cm³/mol. The molecule has 0 saturated heterocycles. The average molecular weight is 461 g/mol. The van der Waals surface area contributed by atoms with Gasteiger partial charge in [0.1, 0.15) is 11.2 Å². The summed E-state index contributed by atoms with van der Waals surface area (Å²) in [6, 6.07) is 13.6. The summed E-state index contributed by atoms with van der Waals surface area (Å²) >= 11 is 3.36. The van der Waals surface area contributed by atoms with E-state index in [0.29, 0.717) is 18.1 Å². The minimum atomic E-state index is -1.73. The van der Waals surface area contributed by atoms with Gasteiger partial charge in [0.25, 0.3) is 0 Å². The first-order chi connectivity index (χ1) is 13.1. The fourth-order valence-corrected chi connectivity index (χ4v) is 3.91. The molecule has 1 aromatic carbocycles. The van der Waals surface area contributed by atoms with Gasteiger partial charge in [0.05, 0.1) is 11.6 Å². The molecule has 0 saturated carbocycles. The fourth-order valence-electron chi connectivity index (χ4n) is 2.50. The van der Waals surface area contributed by atoms with Gasteiger partial charge in [0.15, 0.2) is 8.32 Å². The minimum absolute atomic E-state index is 0.212. The zero-order valence-corrected chi connectivity index (χ0v) is 20.0.